The molecule has 1 atom stereocenters. The first kappa shape index (κ1) is 17.0. The number of hydrogen-bond acceptors (Lipinski definition) is 0. The first-order valence-corrected chi connectivity index (χ1v) is 10.7. The van der Waals surface area contributed by atoms with Crippen LogP contribution in [0, 0.1) is 13.8 Å². The first-order valence-electron chi connectivity index (χ1n) is 9.07. The summed E-state index contributed by atoms with van der Waals surface area (Å²) in [5.74, 6) is 0. The summed E-state index contributed by atoms with van der Waals surface area (Å²) >= 11 is 0. The summed E-state index contributed by atoms with van der Waals surface area (Å²) in [6.45, 7) is 6.95. The monoisotopic (exact) mass is 304 g/mol. The minimum Gasteiger partial charge on any atom is -0.0718 e. The van der Waals surface area contributed by atoms with Gasteiger partial charge in [-0.25, -0.2) is 0 Å². The molecular formula is C20H33P. The lowest BCUT2D eigenvalue weighted by Crippen LogP contribution is -2.21. The van der Waals surface area contributed by atoms with E-state index in [1.165, 1.54) is 69.5 Å². The van der Waals surface area contributed by atoms with Gasteiger partial charge in [0.15, 0.2) is 0 Å². The lowest BCUT2D eigenvalue weighted by molar-refractivity contribution is 0.511. The van der Waals surface area contributed by atoms with E-state index < -0.39 is 0 Å². The molecule has 0 aromatic heterocycles. The molecule has 2 rings (SSSR count). The van der Waals surface area contributed by atoms with E-state index in [1.807, 2.05) is 0 Å². The van der Waals surface area contributed by atoms with Crippen LogP contribution in [0.4, 0.5) is 0 Å². The van der Waals surface area contributed by atoms with Crippen molar-refractivity contribution in [2.45, 2.75) is 84.2 Å². The number of unbranched alkanes of at least 4 members (excludes halogenated alkanes) is 3. The number of rotatable bonds is 7. The summed E-state index contributed by atoms with van der Waals surface area (Å²) in [6.07, 6.45) is 14.5. The zero-order chi connectivity index (χ0) is 15.1. The van der Waals surface area contributed by atoms with Crippen LogP contribution < -0.4 is 5.30 Å². The van der Waals surface area contributed by atoms with Crippen molar-refractivity contribution in [1.29, 1.82) is 0 Å². The second-order valence-corrected chi connectivity index (χ2v) is 9.36. The Morgan fingerprint density at radius 2 is 1.76 bits per heavy atom. The third kappa shape index (κ3) is 4.82. The summed E-state index contributed by atoms with van der Waals surface area (Å²) < 4.78 is 0. The molecule has 0 nitrogen and oxygen atoms in total. The van der Waals surface area contributed by atoms with Gasteiger partial charge in [-0.15, -0.1) is 0 Å². The summed E-state index contributed by atoms with van der Waals surface area (Å²) in [5, 5.41) is 1.73. The second-order valence-electron chi connectivity index (χ2n) is 6.76. The lowest BCUT2D eigenvalue weighted by atomic mass is 10.0. The van der Waals surface area contributed by atoms with E-state index in [4.69, 9.17) is 0 Å². The van der Waals surface area contributed by atoms with Gasteiger partial charge in [-0.2, -0.15) is 0 Å². The van der Waals surface area contributed by atoms with Gasteiger partial charge in [0.05, 0.1) is 0 Å². The molecule has 0 amide bonds. The standard InChI is InChI=1S/C20H33P/c1-4-5-6-10-16-21(19-13-8-7-9-14-19)20-15-11-12-17(2)18(20)3/h11-12,15,19H,4-10,13-14,16H2,1-3H3. The van der Waals surface area contributed by atoms with E-state index in [0.29, 0.717) is 0 Å². The Kier molecular flexibility index (Phi) is 7.24. The predicted molar refractivity (Wildman–Crippen MR) is 98.4 cm³/mol. The highest BCUT2D eigenvalue weighted by Gasteiger charge is 2.25. The third-order valence-electron chi connectivity index (χ3n) is 5.15. The van der Waals surface area contributed by atoms with E-state index in [1.54, 1.807) is 10.9 Å². The van der Waals surface area contributed by atoms with Crippen molar-refractivity contribution in [3.63, 3.8) is 0 Å². The summed E-state index contributed by atoms with van der Waals surface area (Å²) in [7, 11) is 0.0724. The molecular weight excluding hydrogens is 271 g/mol. The smallest absolute Gasteiger partial charge is 0.0169 e. The van der Waals surface area contributed by atoms with Crippen molar-refractivity contribution in [2.24, 2.45) is 0 Å². The van der Waals surface area contributed by atoms with Crippen molar-refractivity contribution < 1.29 is 0 Å². The number of aryl methyl sites for hydroxylation is 1. The average molecular weight is 304 g/mol. The SMILES string of the molecule is CCCCCCP(c1cccc(C)c1C)C1CCCCC1. The van der Waals surface area contributed by atoms with Crippen molar-refractivity contribution in [2.75, 3.05) is 6.16 Å². The molecule has 118 valence electrons. The molecule has 0 radical (unpaired) electrons. The van der Waals surface area contributed by atoms with Gasteiger partial charge >= 0.3 is 0 Å². The molecule has 1 aliphatic carbocycles. The fourth-order valence-electron chi connectivity index (χ4n) is 3.65. The van der Waals surface area contributed by atoms with Crippen LogP contribution in [-0.4, -0.2) is 11.8 Å². The maximum absolute atomic E-state index is 2.45. The van der Waals surface area contributed by atoms with Crippen LogP contribution in [0.2, 0.25) is 0 Å². The van der Waals surface area contributed by atoms with Gasteiger partial charge in [-0.1, -0.05) is 71.6 Å². The van der Waals surface area contributed by atoms with Gasteiger partial charge in [-0.05, 0) is 61.4 Å². The van der Waals surface area contributed by atoms with Crippen LogP contribution >= 0.6 is 7.92 Å². The van der Waals surface area contributed by atoms with Crippen LogP contribution in [0.25, 0.3) is 0 Å². The van der Waals surface area contributed by atoms with Gasteiger partial charge in [0, 0.05) is 0 Å². The minimum atomic E-state index is 0.0724. The Balaban J connectivity index is 2.11. The molecule has 21 heavy (non-hydrogen) atoms. The quantitative estimate of drug-likeness (QED) is 0.408. The molecule has 1 aliphatic rings. The first-order chi connectivity index (χ1) is 10.2. The summed E-state index contributed by atoms with van der Waals surface area (Å²) in [5.41, 5.74) is 4.09. The van der Waals surface area contributed by atoms with Gasteiger partial charge in [0.2, 0.25) is 0 Å². The average Bonchev–Trinajstić information content (AvgIpc) is 2.52. The second kappa shape index (κ2) is 8.94. The Bertz CT molecular complexity index is 418. The fourth-order valence-corrected chi connectivity index (χ4v) is 7.09. The zero-order valence-corrected chi connectivity index (χ0v) is 15.2. The zero-order valence-electron chi connectivity index (χ0n) is 14.3. The highest BCUT2D eigenvalue weighted by molar-refractivity contribution is 7.66. The maximum Gasteiger partial charge on any atom is -0.0169 e. The number of benzene rings is 1. The van der Waals surface area contributed by atoms with Crippen molar-refractivity contribution in [3.8, 4) is 0 Å². The van der Waals surface area contributed by atoms with Crippen LogP contribution in [0.15, 0.2) is 18.2 Å². The Morgan fingerprint density at radius 1 is 1.00 bits per heavy atom. The van der Waals surface area contributed by atoms with Crippen LogP contribution in [0.3, 0.4) is 0 Å². The molecule has 0 bridgehead atoms. The Hall–Kier alpha value is -0.350. The molecule has 1 saturated carbocycles. The molecule has 0 saturated heterocycles. The maximum atomic E-state index is 2.45. The van der Waals surface area contributed by atoms with Gasteiger partial charge < -0.3 is 0 Å². The molecule has 0 aliphatic heterocycles. The molecule has 0 heterocycles. The highest BCUT2D eigenvalue weighted by atomic mass is 31.1. The van der Waals surface area contributed by atoms with Gasteiger partial charge in [0.1, 0.15) is 0 Å². The molecule has 1 aromatic rings. The third-order valence-corrected chi connectivity index (χ3v) is 8.45. The summed E-state index contributed by atoms with van der Waals surface area (Å²) in [6, 6.07) is 7.02. The number of hydrogen-bond donors (Lipinski definition) is 0. The molecule has 1 fully saturated rings. The molecule has 0 N–H and O–H groups in total. The van der Waals surface area contributed by atoms with Crippen molar-refractivity contribution in [1.82, 2.24) is 0 Å². The normalized spacial score (nSPS) is 17.9. The Morgan fingerprint density at radius 3 is 2.48 bits per heavy atom. The summed E-state index contributed by atoms with van der Waals surface area (Å²) in [4.78, 5) is 0. The van der Waals surface area contributed by atoms with Crippen molar-refractivity contribution in [3.05, 3.63) is 29.3 Å². The van der Waals surface area contributed by atoms with E-state index in [0.717, 1.165) is 5.66 Å². The van der Waals surface area contributed by atoms with E-state index in [-0.39, 0.29) is 7.92 Å². The lowest BCUT2D eigenvalue weighted by Gasteiger charge is -2.32. The van der Waals surface area contributed by atoms with Crippen LogP contribution in [0.5, 0.6) is 0 Å². The largest absolute Gasteiger partial charge is 0.0718 e. The highest BCUT2D eigenvalue weighted by Crippen LogP contribution is 2.48. The van der Waals surface area contributed by atoms with E-state index in [2.05, 4.69) is 39.0 Å². The van der Waals surface area contributed by atoms with E-state index in [9.17, 15) is 0 Å². The van der Waals surface area contributed by atoms with E-state index >= 15 is 0 Å². The molecule has 1 unspecified atom stereocenters. The van der Waals surface area contributed by atoms with Crippen molar-refractivity contribution >= 4 is 13.2 Å². The molecule has 1 aromatic carbocycles. The van der Waals surface area contributed by atoms with Gasteiger partial charge in [0.25, 0.3) is 0 Å². The van der Waals surface area contributed by atoms with Gasteiger partial charge in [-0.3, -0.25) is 0 Å². The molecule has 1 heteroatoms. The minimum absolute atomic E-state index is 0.0724. The Labute approximate surface area is 133 Å². The molecule has 0 spiro atoms. The van der Waals surface area contributed by atoms with Crippen LogP contribution in [0.1, 0.15) is 75.8 Å². The predicted octanol–water partition coefficient (Wildman–Crippen LogP) is 6.32. The van der Waals surface area contributed by atoms with Crippen LogP contribution in [-0.2, 0) is 0 Å². The topological polar surface area (TPSA) is 0 Å². The fraction of sp³-hybridized carbons (Fsp3) is 0.700.